The monoisotopic (exact) mass is 260 g/mol. The van der Waals surface area contributed by atoms with E-state index in [0.717, 1.165) is 18.7 Å². The quantitative estimate of drug-likeness (QED) is 0.870. The lowest BCUT2D eigenvalue weighted by atomic mass is 9.95. The Morgan fingerprint density at radius 1 is 1.38 bits per heavy atom. The maximum Gasteiger partial charge on any atom is 0.0639 e. The van der Waals surface area contributed by atoms with Crippen LogP contribution in [-0.4, -0.2) is 17.6 Å². The fraction of sp³-hybridized carbons (Fsp3) is 0.583. The van der Waals surface area contributed by atoms with Gasteiger partial charge in [-0.15, -0.1) is 0 Å². The van der Waals surface area contributed by atoms with E-state index in [1.807, 2.05) is 0 Å². The molecule has 0 radical (unpaired) electrons. The van der Waals surface area contributed by atoms with Gasteiger partial charge in [-0.05, 0) is 19.0 Å². The topological polar surface area (TPSA) is 24.9 Å². The van der Waals surface area contributed by atoms with Gasteiger partial charge in [0.15, 0.2) is 0 Å². The molecule has 1 rings (SSSR count). The fourth-order valence-corrected chi connectivity index (χ4v) is 2.44. The van der Waals surface area contributed by atoms with Crippen molar-refractivity contribution in [3.8, 4) is 0 Å². The molecule has 0 saturated carbocycles. The Bertz CT molecular complexity index is 342. The van der Waals surface area contributed by atoms with Crippen molar-refractivity contribution < 1.29 is 0 Å². The standard InChI is InChI=1S/C12H18Cl2N2/c1-4-11(15-5-2)8(3)12-10(14)6-9(13)7-16-12/h6-8,11,15H,4-5H2,1-3H3. The zero-order valence-corrected chi connectivity index (χ0v) is 11.4. The molecule has 4 heteroatoms. The van der Waals surface area contributed by atoms with E-state index in [0.29, 0.717) is 16.1 Å². The summed E-state index contributed by atoms with van der Waals surface area (Å²) in [7, 11) is 0. The Kier molecular flexibility index (Phi) is 5.53. The van der Waals surface area contributed by atoms with Crippen LogP contribution in [0, 0.1) is 0 Å². The average Bonchev–Trinajstić information content (AvgIpc) is 2.25. The summed E-state index contributed by atoms with van der Waals surface area (Å²) in [5.74, 6) is 0.287. The highest BCUT2D eigenvalue weighted by molar-refractivity contribution is 6.34. The molecule has 1 aromatic heterocycles. The van der Waals surface area contributed by atoms with Gasteiger partial charge < -0.3 is 5.32 Å². The van der Waals surface area contributed by atoms with Gasteiger partial charge in [-0.1, -0.05) is 44.0 Å². The zero-order valence-electron chi connectivity index (χ0n) is 9.93. The van der Waals surface area contributed by atoms with E-state index in [2.05, 4.69) is 31.1 Å². The molecule has 2 unspecified atom stereocenters. The second-order valence-electron chi connectivity index (χ2n) is 3.88. The number of halogens is 2. The number of likely N-dealkylation sites (N-methyl/N-ethyl adjacent to an activating group) is 1. The fourth-order valence-electron chi connectivity index (χ4n) is 1.89. The number of nitrogens with zero attached hydrogens (tertiary/aromatic N) is 1. The van der Waals surface area contributed by atoms with Gasteiger partial charge in [0.05, 0.1) is 15.7 Å². The minimum atomic E-state index is 0.287. The van der Waals surface area contributed by atoms with Crippen LogP contribution in [-0.2, 0) is 0 Å². The highest BCUT2D eigenvalue weighted by Gasteiger charge is 2.19. The average molecular weight is 261 g/mol. The second kappa shape index (κ2) is 6.43. The number of nitrogens with one attached hydrogen (secondary N) is 1. The molecule has 1 heterocycles. The molecule has 0 amide bonds. The molecule has 16 heavy (non-hydrogen) atoms. The first-order valence-electron chi connectivity index (χ1n) is 5.64. The predicted octanol–water partition coefficient (Wildman–Crippen LogP) is 3.88. The van der Waals surface area contributed by atoms with Crippen LogP contribution in [0.2, 0.25) is 10.0 Å². The van der Waals surface area contributed by atoms with Crippen LogP contribution in [0.1, 0.15) is 38.8 Å². The van der Waals surface area contributed by atoms with Crippen molar-refractivity contribution >= 4 is 23.2 Å². The van der Waals surface area contributed by atoms with Crippen LogP contribution in [0.25, 0.3) is 0 Å². The number of hydrogen-bond donors (Lipinski definition) is 1. The van der Waals surface area contributed by atoms with Crippen molar-refractivity contribution in [3.05, 3.63) is 28.0 Å². The molecular formula is C12H18Cl2N2. The summed E-state index contributed by atoms with van der Waals surface area (Å²) in [6.45, 7) is 7.35. The Morgan fingerprint density at radius 3 is 2.56 bits per heavy atom. The van der Waals surface area contributed by atoms with E-state index >= 15 is 0 Å². The normalized spacial score (nSPS) is 14.8. The van der Waals surface area contributed by atoms with Gasteiger partial charge in [-0.2, -0.15) is 0 Å². The largest absolute Gasteiger partial charge is 0.314 e. The summed E-state index contributed by atoms with van der Waals surface area (Å²) in [4.78, 5) is 4.32. The third kappa shape index (κ3) is 3.34. The molecule has 2 nitrogen and oxygen atoms in total. The highest BCUT2D eigenvalue weighted by atomic mass is 35.5. The SMILES string of the molecule is CCNC(CC)C(C)c1ncc(Cl)cc1Cl. The lowest BCUT2D eigenvalue weighted by Gasteiger charge is -2.23. The summed E-state index contributed by atoms with van der Waals surface area (Å²) in [5.41, 5.74) is 0.916. The molecule has 0 aliphatic carbocycles. The van der Waals surface area contributed by atoms with Gasteiger partial charge in [0, 0.05) is 18.2 Å². The molecule has 1 N–H and O–H groups in total. The van der Waals surface area contributed by atoms with Crippen LogP contribution < -0.4 is 5.32 Å². The first-order chi connectivity index (χ1) is 7.60. The van der Waals surface area contributed by atoms with Crippen molar-refractivity contribution in [2.75, 3.05) is 6.54 Å². The predicted molar refractivity (Wildman–Crippen MR) is 70.4 cm³/mol. The summed E-state index contributed by atoms with van der Waals surface area (Å²) in [6.07, 6.45) is 2.70. The number of hydrogen-bond acceptors (Lipinski definition) is 2. The van der Waals surface area contributed by atoms with Gasteiger partial charge in [-0.3, -0.25) is 4.98 Å². The third-order valence-corrected chi connectivity index (χ3v) is 3.29. The molecule has 2 atom stereocenters. The number of aromatic nitrogens is 1. The Balaban J connectivity index is 2.89. The Labute approximate surface area is 107 Å². The van der Waals surface area contributed by atoms with Crippen molar-refractivity contribution in [2.24, 2.45) is 0 Å². The van der Waals surface area contributed by atoms with E-state index in [1.165, 1.54) is 0 Å². The van der Waals surface area contributed by atoms with Crippen LogP contribution in [0.5, 0.6) is 0 Å². The first-order valence-corrected chi connectivity index (χ1v) is 6.40. The molecule has 0 saturated heterocycles. The number of pyridine rings is 1. The van der Waals surface area contributed by atoms with Crippen LogP contribution in [0.4, 0.5) is 0 Å². The van der Waals surface area contributed by atoms with Crippen LogP contribution in [0.3, 0.4) is 0 Å². The molecule has 0 spiro atoms. The summed E-state index contributed by atoms with van der Waals surface area (Å²) >= 11 is 12.0. The zero-order chi connectivity index (χ0) is 12.1. The summed E-state index contributed by atoms with van der Waals surface area (Å²) in [5, 5.41) is 4.67. The van der Waals surface area contributed by atoms with E-state index in [9.17, 15) is 0 Å². The van der Waals surface area contributed by atoms with Crippen molar-refractivity contribution in [3.63, 3.8) is 0 Å². The van der Waals surface area contributed by atoms with Crippen molar-refractivity contribution in [1.29, 1.82) is 0 Å². The Hall–Kier alpha value is -0.310. The van der Waals surface area contributed by atoms with E-state index in [1.54, 1.807) is 12.3 Å². The first kappa shape index (κ1) is 13.8. The lowest BCUT2D eigenvalue weighted by Crippen LogP contribution is -2.33. The molecule has 90 valence electrons. The molecule has 0 bridgehead atoms. The second-order valence-corrected chi connectivity index (χ2v) is 4.73. The number of rotatable bonds is 5. The van der Waals surface area contributed by atoms with Gasteiger partial charge >= 0.3 is 0 Å². The third-order valence-electron chi connectivity index (χ3n) is 2.78. The molecule has 0 aromatic carbocycles. The van der Waals surface area contributed by atoms with Gasteiger partial charge in [0.1, 0.15) is 0 Å². The minimum absolute atomic E-state index is 0.287. The van der Waals surface area contributed by atoms with Crippen LogP contribution >= 0.6 is 23.2 Å². The molecule has 1 aromatic rings. The van der Waals surface area contributed by atoms with Crippen molar-refractivity contribution in [1.82, 2.24) is 10.3 Å². The van der Waals surface area contributed by atoms with E-state index in [4.69, 9.17) is 23.2 Å². The van der Waals surface area contributed by atoms with Crippen LogP contribution in [0.15, 0.2) is 12.3 Å². The lowest BCUT2D eigenvalue weighted by molar-refractivity contribution is 0.443. The highest BCUT2D eigenvalue weighted by Crippen LogP contribution is 2.27. The van der Waals surface area contributed by atoms with Gasteiger partial charge in [0.25, 0.3) is 0 Å². The summed E-state index contributed by atoms with van der Waals surface area (Å²) in [6, 6.07) is 2.15. The molecule has 0 fully saturated rings. The smallest absolute Gasteiger partial charge is 0.0639 e. The summed E-state index contributed by atoms with van der Waals surface area (Å²) < 4.78 is 0. The maximum atomic E-state index is 6.15. The molecule has 0 aliphatic heterocycles. The Morgan fingerprint density at radius 2 is 2.06 bits per heavy atom. The molecule has 0 aliphatic rings. The van der Waals surface area contributed by atoms with Gasteiger partial charge in [-0.25, -0.2) is 0 Å². The van der Waals surface area contributed by atoms with Crippen molar-refractivity contribution in [2.45, 2.75) is 39.2 Å². The van der Waals surface area contributed by atoms with Gasteiger partial charge in [0.2, 0.25) is 0 Å². The van der Waals surface area contributed by atoms with E-state index < -0.39 is 0 Å². The minimum Gasteiger partial charge on any atom is -0.314 e. The maximum absolute atomic E-state index is 6.15. The van der Waals surface area contributed by atoms with E-state index in [-0.39, 0.29) is 5.92 Å². The molecular weight excluding hydrogens is 243 g/mol.